The molecule has 2 aliphatic heterocycles. The minimum absolute atomic E-state index is 0.128. The molecule has 1 amide bonds. The molecule has 8 heteroatoms. The van der Waals surface area contributed by atoms with Crippen LogP contribution in [0.5, 0.6) is 0 Å². The standard InChI is InChI=1S/C18H26FN3O3S/c1-20-9-4-10-21(14-13-20)18(23)15-7-11-22(12-8-15)26(24,25)17-6-3-2-5-16(17)19/h2-3,5-6,15H,4,7-14H2,1H3. The number of hydrogen-bond donors (Lipinski definition) is 0. The second-order valence-electron chi connectivity index (χ2n) is 7.09. The van der Waals surface area contributed by atoms with Gasteiger partial charge in [0.15, 0.2) is 0 Å². The first-order valence-electron chi connectivity index (χ1n) is 9.11. The van der Waals surface area contributed by atoms with Crippen molar-refractivity contribution in [1.82, 2.24) is 14.1 Å². The summed E-state index contributed by atoms with van der Waals surface area (Å²) in [7, 11) is -1.80. The van der Waals surface area contributed by atoms with Crippen LogP contribution >= 0.6 is 0 Å². The number of benzene rings is 1. The molecule has 0 radical (unpaired) electrons. The molecule has 2 fully saturated rings. The molecule has 2 aliphatic rings. The molecule has 26 heavy (non-hydrogen) atoms. The molecule has 1 aromatic carbocycles. The number of carbonyl (C=O) groups excluding carboxylic acids is 1. The summed E-state index contributed by atoms with van der Waals surface area (Å²) in [5.41, 5.74) is 0. The number of halogens is 1. The molecule has 0 saturated carbocycles. The van der Waals surface area contributed by atoms with Gasteiger partial charge in [0.1, 0.15) is 10.7 Å². The zero-order valence-corrected chi connectivity index (χ0v) is 15.9. The van der Waals surface area contributed by atoms with E-state index in [4.69, 9.17) is 0 Å². The van der Waals surface area contributed by atoms with Gasteiger partial charge in [-0.3, -0.25) is 4.79 Å². The number of likely N-dealkylation sites (N-methyl/N-ethyl adjacent to an activating group) is 1. The van der Waals surface area contributed by atoms with Gasteiger partial charge in [-0.2, -0.15) is 4.31 Å². The van der Waals surface area contributed by atoms with Crippen LogP contribution in [0.3, 0.4) is 0 Å². The van der Waals surface area contributed by atoms with E-state index in [2.05, 4.69) is 11.9 Å². The van der Waals surface area contributed by atoms with E-state index in [1.54, 1.807) is 0 Å². The number of sulfonamides is 1. The Kier molecular flexibility index (Phi) is 5.94. The highest BCUT2D eigenvalue weighted by molar-refractivity contribution is 7.89. The zero-order chi connectivity index (χ0) is 18.7. The molecule has 6 nitrogen and oxygen atoms in total. The second kappa shape index (κ2) is 8.02. The lowest BCUT2D eigenvalue weighted by Gasteiger charge is -2.33. The molecule has 1 aromatic rings. The molecule has 0 spiro atoms. The number of rotatable bonds is 3. The minimum Gasteiger partial charge on any atom is -0.341 e. The molecule has 0 bridgehead atoms. The van der Waals surface area contributed by atoms with Crippen molar-refractivity contribution in [2.75, 3.05) is 46.3 Å². The maximum absolute atomic E-state index is 13.9. The first-order valence-corrected chi connectivity index (χ1v) is 10.6. The van der Waals surface area contributed by atoms with Gasteiger partial charge >= 0.3 is 0 Å². The van der Waals surface area contributed by atoms with E-state index >= 15 is 0 Å². The van der Waals surface area contributed by atoms with E-state index in [1.807, 2.05) is 4.90 Å². The third-order valence-corrected chi connectivity index (χ3v) is 7.22. The summed E-state index contributed by atoms with van der Waals surface area (Å²) in [6.45, 7) is 3.84. The Morgan fingerprint density at radius 3 is 2.42 bits per heavy atom. The molecule has 144 valence electrons. The predicted octanol–water partition coefficient (Wildman–Crippen LogP) is 1.39. The average Bonchev–Trinajstić information content (AvgIpc) is 2.86. The molecule has 2 heterocycles. The van der Waals surface area contributed by atoms with Crippen LogP contribution in [-0.4, -0.2) is 74.7 Å². The summed E-state index contributed by atoms with van der Waals surface area (Å²) < 4.78 is 40.5. The maximum Gasteiger partial charge on any atom is 0.245 e. The number of carbonyl (C=O) groups is 1. The maximum atomic E-state index is 13.9. The molecule has 0 aliphatic carbocycles. The Bertz CT molecular complexity index is 748. The van der Waals surface area contributed by atoms with Gasteiger partial charge in [-0.1, -0.05) is 12.1 Å². The van der Waals surface area contributed by atoms with Crippen molar-refractivity contribution in [2.45, 2.75) is 24.2 Å². The summed E-state index contributed by atoms with van der Waals surface area (Å²) in [6, 6.07) is 5.43. The van der Waals surface area contributed by atoms with Gasteiger partial charge in [-0.05, 0) is 45.0 Å². The Morgan fingerprint density at radius 1 is 1.04 bits per heavy atom. The second-order valence-corrected chi connectivity index (χ2v) is 9.00. The van der Waals surface area contributed by atoms with Crippen molar-refractivity contribution in [3.05, 3.63) is 30.1 Å². The van der Waals surface area contributed by atoms with Gasteiger partial charge in [-0.15, -0.1) is 0 Å². The first kappa shape index (κ1) is 19.3. The Hall–Kier alpha value is -1.51. The quantitative estimate of drug-likeness (QED) is 0.792. The fraction of sp³-hybridized carbons (Fsp3) is 0.611. The summed E-state index contributed by atoms with van der Waals surface area (Å²) in [5.74, 6) is -0.756. The molecule has 0 atom stereocenters. The van der Waals surface area contributed by atoms with Crippen LogP contribution < -0.4 is 0 Å². The smallest absolute Gasteiger partial charge is 0.245 e. The van der Waals surface area contributed by atoms with Crippen molar-refractivity contribution >= 4 is 15.9 Å². The van der Waals surface area contributed by atoms with Crippen molar-refractivity contribution < 1.29 is 17.6 Å². The Labute approximate surface area is 154 Å². The normalized spacial score (nSPS) is 21.5. The van der Waals surface area contributed by atoms with Crippen LogP contribution in [0.1, 0.15) is 19.3 Å². The van der Waals surface area contributed by atoms with Crippen molar-refractivity contribution in [1.29, 1.82) is 0 Å². The van der Waals surface area contributed by atoms with Crippen LogP contribution in [-0.2, 0) is 14.8 Å². The molecule has 0 aromatic heterocycles. The van der Waals surface area contributed by atoms with E-state index in [0.29, 0.717) is 12.8 Å². The predicted molar refractivity (Wildman–Crippen MR) is 96.6 cm³/mol. The van der Waals surface area contributed by atoms with E-state index in [0.717, 1.165) is 38.7 Å². The number of piperidine rings is 1. The lowest BCUT2D eigenvalue weighted by atomic mass is 9.96. The summed E-state index contributed by atoms with van der Waals surface area (Å²) >= 11 is 0. The molecule has 3 rings (SSSR count). The van der Waals surface area contributed by atoms with Crippen LogP contribution in [0.2, 0.25) is 0 Å². The van der Waals surface area contributed by atoms with Gasteiger partial charge in [0.25, 0.3) is 0 Å². The van der Waals surface area contributed by atoms with Gasteiger partial charge in [-0.25, -0.2) is 12.8 Å². The first-order chi connectivity index (χ1) is 12.4. The molecule has 2 saturated heterocycles. The Morgan fingerprint density at radius 2 is 1.73 bits per heavy atom. The van der Waals surface area contributed by atoms with Crippen molar-refractivity contribution in [2.24, 2.45) is 5.92 Å². The highest BCUT2D eigenvalue weighted by Crippen LogP contribution is 2.26. The monoisotopic (exact) mass is 383 g/mol. The van der Waals surface area contributed by atoms with Crippen molar-refractivity contribution in [3.8, 4) is 0 Å². The summed E-state index contributed by atoms with van der Waals surface area (Å²) in [5, 5.41) is 0. The Balaban J connectivity index is 1.62. The molecular weight excluding hydrogens is 357 g/mol. The van der Waals surface area contributed by atoms with E-state index in [9.17, 15) is 17.6 Å². The SMILES string of the molecule is CN1CCCN(C(=O)C2CCN(S(=O)(=O)c3ccccc3F)CC2)CC1. The van der Waals surface area contributed by atoms with E-state index < -0.39 is 15.8 Å². The topological polar surface area (TPSA) is 60.9 Å². The highest BCUT2D eigenvalue weighted by Gasteiger charge is 2.35. The third kappa shape index (κ3) is 4.07. The molecule has 0 N–H and O–H groups in total. The largest absolute Gasteiger partial charge is 0.341 e. The van der Waals surface area contributed by atoms with E-state index in [-0.39, 0.29) is 29.8 Å². The number of nitrogens with zero attached hydrogens (tertiary/aromatic N) is 3. The number of amides is 1. The zero-order valence-electron chi connectivity index (χ0n) is 15.1. The van der Waals surface area contributed by atoms with Gasteiger partial charge in [0.05, 0.1) is 0 Å². The van der Waals surface area contributed by atoms with E-state index in [1.165, 1.54) is 22.5 Å². The van der Waals surface area contributed by atoms with Gasteiger partial charge < -0.3 is 9.80 Å². The lowest BCUT2D eigenvalue weighted by Crippen LogP contribution is -2.45. The van der Waals surface area contributed by atoms with Crippen LogP contribution in [0.25, 0.3) is 0 Å². The van der Waals surface area contributed by atoms with Crippen LogP contribution in [0.15, 0.2) is 29.2 Å². The highest BCUT2D eigenvalue weighted by atomic mass is 32.2. The average molecular weight is 383 g/mol. The molecular formula is C18H26FN3O3S. The van der Waals surface area contributed by atoms with Crippen LogP contribution in [0, 0.1) is 11.7 Å². The van der Waals surface area contributed by atoms with Gasteiger partial charge in [0, 0.05) is 38.6 Å². The summed E-state index contributed by atoms with van der Waals surface area (Å²) in [4.78, 5) is 16.6. The van der Waals surface area contributed by atoms with Gasteiger partial charge in [0.2, 0.25) is 15.9 Å². The van der Waals surface area contributed by atoms with Crippen molar-refractivity contribution in [3.63, 3.8) is 0 Å². The fourth-order valence-corrected chi connectivity index (χ4v) is 5.20. The van der Waals surface area contributed by atoms with Crippen LogP contribution in [0.4, 0.5) is 4.39 Å². The number of hydrogen-bond acceptors (Lipinski definition) is 4. The molecule has 0 unspecified atom stereocenters. The summed E-state index contributed by atoms with van der Waals surface area (Å²) in [6.07, 6.45) is 1.93. The minimum atomic E-state index is -3.85. The lowest BCUT2D eigenvalue weighted by molar-refractivity contribution is -0.136. The fourth-order valence-electron chi connectivity index (χ4n) is 3.66. The third-order valence-electron chi connectivity index (χ3n) is 5.29.